The lowest BCUT2D eigenvalue weighted by Crippen LogP contribution is -2.27. The van der Waals surface area contributed by atoms with Gasteiger partial charge in [-0.05, 0) is 25.0 Å². The molecule has 1 fully saturated rings. The van der Waals surface area contributed by atoms with E-state index in [0.717, 1.165) is 24.5 Å². The Bertz CT molecular complexity index is 407. The molecule has 1 amide bonds. The predicted octanol–water partition coefficient (Wildman–Crippen LogP) is 2.81. The minimum absolute atomic E-state index is 0. The van der Waals surface area contributed by atoms with Crippen LogP contribution in [0, 0.1) is 0 Å². The quantitative estimate of drug-likeness (QED) is 0.900. The first-order chi connectivity index (χ1) is 8.81. The first-order valence-electron chi connectivity index (χ1n) is 6.65. The molecule has 0 unspecified atom stereocenters. The number of carbonyl (C=O) groups excluding carboxylic acids is 1. The smallest absolute Gasteiger partial charge is 0.238 e. The Kier molecular flexibility index (Phi) is 9.38. The van der Waals surface area contributed by atoms with E-state index >= 15 is 0 Å². The molecule has 0 aromatic heterocycles. The van der Waals surface area contributed by atoms with Crippen molar-refractivity contribution < 1.29 is 4.79 Å². The molecular formula is C14H23Cl2N3O. The zero-order valence-electron chi connectivity index (χ0n) is 11.5. The van der Waals surface area contributed by atoms with Gasteiger partial charge in [0.2, 0.25) is 5.91 Å². The van der Waals surface area contributed by atoms with E-state index in [0.29, 0.717) is 0 Å². The highest BCUT2D eigenvalue weighted by Gasteiger charge is 2.14. The van der Waals surface area contributed by atoms with Gasteiger partial charge in [0.25, 0.3) is 0 Å². The highest BCUT2D eigenvalue weighted by atomic mass is 35.5. The molecule has 0 atom stereocenters. The fourth-order valence-corrected chi connectivity index (χ4v) is 2.37. The number of carbonyl (C=O) groups is 1. The van der Waals surface area contributed by atoms with Crippen LogP contribution in [0.4, 0.5) is 11.4 Å². The van der Waals surface area contributed by atoms with E-state index in [2.05, 4.69) is 16.3 Å². The van der Waals surface area contributed by atoms with Crippen molar-refractivity contribution in [2.75, 3.05) is 29.9 Å². The van der Waals surface area contributed by atoms with Gasteiger partial charge in [-0.2, -0.15) is 0 Å². The van der Waals surface area contributed by atoms with Gasteiger partial charge in [0.15, 0.2) is 0 Å². The van der Waals surface area contributed by atoms with Crippen molar-refractivity contribution in [1.82, 2.24) is 0 Å². The number of amides is 1. The number of rotatable bonds is 3. The van der Waals surface area contributed by atoms with Gasteiger partial charge in [-0.25, -0.2) is 0 Å². The molecule has 0 bridgehead atoms. The van der Waals surface area contributed by atoms with Gasteiger partial charge in [-0.3, -0.25) is 4.79 Å². The third-order valence-electron chi connectivity index (χ3n) is 3.31. The van der Waals surface area contributed by atoms with E-state index in [1.165, 1.54) is 25.7 Å². The Balaban J connectivity index is 0.00000180. The van der Waals surface area contributed by atoms with E-state index in [-0.39, 0.29) is 37.3 Å². The van der Waals surface area contributed by atoms with Crippen LogP contribution in [-0.2, 0) is 4.79 Å². The number of halogens is 2. The summed E-state index contributed by atoms with van der Waals surface area (Å²) in [6, 6.07) is 7.96. The molecule has 0 aliphatic carbocycles. The Morgan fingerprint density at radius 3 is 2.30 bits per heavy atom. The average molecular weight is 320 g/mol. The molecule has 1 heterocycles. The SMILES string of the molecule is Cl.Cl.NCC(=O)Nc1ccccc1N1CCCCCC1. The summed E-state index contributed by atoms with van der Waals surface area (Å²) in [5.74, 6) is -0.141. The van der Waals surface area contributed by atoms with E-state index in [9.17, 15) is 4.79 Å². The van der Waals surface area contributed by atoms with E-state index in [1.807, 2.05) is 18.2 Å². The second kappa shape index (κ2) is 9.86. The van der Waals surface area contributed by atoms with Crippen molar-refractivity contribution in [3.63, 3.8) is 0 Å². The van der Waals surface area contributed by atoms with Crippen LogP contribution in [0.15, 0.2) is 24.3 Å². The van der Waals surface area contributed by atoms with Crippen molar-refractivity contribution >= 4 is 42.1 Å². The molecule has 4 nitrogen and oxygen atoms in total. The minimum atomic E-state index is -0.141. The van der Waals surface area contributed by atoms with Crippen molar-refractivity contribution in [1.29, 1.82) is 0 Å². The summed E-state index contributed by atoms with van der Waals surface area (Å²) < 4.78 is 0. The van der Waals surface area contributed by atoms with Crippen molar-refractivity contribution in [2.45, 2.75) is 25.7 Å². The summed E-state index contributed by atoms with van der Waals surface area (Å²) in [6.07, 6.45) is 5.04. The maximum Gasteiger partial charge on any atom is 0.238 e. The summed E-state index contributed by atoms with van der Waals surface area (Å²) >= 11 is 0. The molecule has 3 N–H and O–H groups in total. The lowest BCUT2D eigenvalue weighted by atomic mass is 10.2. The van der Waals surface area contributed by atoms with Crippen LogP contribution in [0.3, 0.4) is 0 Å². The maximum atomic E-state index is 11.4. The van der Waals surface area contributed by atoms with Crippen LogP contribution in [0.5, 0.6) is 0 Å². The Morgan fingerprint density at radius 2 is 1.70 bits per heavy atom. The van der Waals surface area contributed by atoms with Crippen molar-refractivity contribution in [3.05, 3.63) is 24.3 Å². The lowest BCUT2D eigenvalue weighted by molar-refractivity contribution is -0.114. The van der Waals surface area contributed by atoms with Gasteiger partial charge in [0, 0.05) is 13.1 Å². The number of hydrogen-bond acceptors (Lipinski definition) is 3. The van der Waals surface area contributed by atoms with Crippen molar-refractivity contribution in [2.24, 2.45) is 5.73 Å². The Hall–Kier alpha value is -0.970. The monoisotopic (exact) mass is 319 g/mol. The molecule has 1 saturated heterocycles. The van der Waals surface area contributed by atoms with Crippen LogP contribution >= 0.6 is 24.8 Å². The van der Waals surface area contributed by atoms with Crippen molar-refractivity contribution in [3.8, 4) is 0 Å². The second-order valence-electron chi connectivity index (χ2n) is 4.67. The minimum Gasteiger partial charge on any atom is -0.370 e. The Labute approximate surface area is 132 Å². The van der Waals surface area contributed by atoms with Crippen LogP contribution in [-0.4, -0.2) is 25.5 Å². The third kappa shape index (κ3) is 5.19. The van der Waals surface area contributed by atoms with Gasteiger partial charge in [0.1, 0.15) is 0 Å². The molecule has 1 aliphatic heterocycles. The van der Waals surface area contributed by atoms with Gasteiger partial charge in [0.05, 0.1) is 17.9 Å². The number of nitrogens with zero attached hydrogens (tertiary/aromatic N) is 1. The van der Waals surface area contributed by atoms with Crippen LogP contribution in [0.25, 0.3) is 0 Å². The van der Waals surface area contributed by atoms with Gasteiger partial charge in [-0.15, -0.1) is 24.8 Å². The summed E-state index contributed by atoms with van der Waals surface area (Å²) in [5.41, 5.74) is 7.33. The first kappa shape index (κ1) is 19.0. The number of nitrogens with one attached hydrogen (secondary N) is 1. The summed E-state index contributed by atoms with van der Waals surface area (Å²) in [5, 5.41) is 2.87. The largest absolute Gasteiger partial charge is 0.370 e. The lowest BCUT2D eigenvalue weighted by Gasteiger charge is -2.25. The number of benzene rings is 1. The van der Waals surface area contributed by atoms with Gasteiger partial charge in [-0.1, -0.05) is 25.0 Å². The molecule has 0 saturated carbocycles. The van der Waals surface area contributed by atoms with E-state index < -0.39 is 0 Å². The normalized spacial score (nSPS) is 14.6. The molecule has 0 spiro atoms. The molecule has 1 aromatic rings. The predicted molar refractivity (Wildman–Crippen MR) is 89.3 cm³/mol. The average Bonchev–Trinajstić information content (AvgIpc) is 2.68. The highest BCUT2D eigenvalue weighted by molar-refractivity contribution is 5.95. The van der Waals surface area contributed by atoms with E-state index in [1.54, 1.807) is 0 Å². The summed E-state index contributed by atoms with van der Waals surface area (Å²) in [7, 11) is 0. The molecular weight excluding hydrogens is 297 g/mol. The maximum absolute atomic E-state index is 11.4. The molecule has 1 aromatic carbocycles. The fraction of sp³-hybridized carbons (Fsp3) is 0.500. The van der Waals surface area contributed by atoms with Gasteiger partial charge < -0.3 is 16.0 Å². The highest BCUT2D eigenvalue weighted by Crippen LogP contribution is 2.27. The van der Waals surface area contributed by atoms with Crippen LogP contribution < -0.4 is 16.0 Å². The standard InChI is InChI=1S/C14H21N3O.2ClH/c15-11-14(18)16-12-7-3-4-8-13(12)17-9-5-1-2-6-10-17;;/h3-4,7-8H,1-2,5-6,9-11,15H2,(H,16,18);2*1H. The van der Waals surface area contributed by atoms with Gasteiger partial charge >= 0.3 is 0 Å². The third-order valence-corrected chi connectivity index (χ3v) is 3.31. The molecule has 0 radical (unpaired) electrons. The summed E-state index contributed by atoms with van der Waals surface area (Å²) in [6.45, 7) is 2.15. The van der Waals surface area contributed by atoms with E-state index in [4.69, 9.17) is 5.73 Å². The zero-order valence-corrected chi connectivity index (χ0v) is 13.1. The topological polar surface area (TPSA) is 58.4 Å². The zero-order chi connectivity index (χ0) is 12.8. The Morgan fingerprint density at radius 1 is 1.10 bits per heavy atom. The summed E-state index contributed by atoms with van der Waals surface area (Å²) in [4.78, 5) is 13.8. The van der Waals surface area contributed by atoms with Crippen LogP contribution in [0.2, 0.25) is 0 Å². The number of hydrogen-bond donors (Lipinski definition) is 2. The molecule has 2 rings (SSSR count). The number of nitrogens with two attached hydrogens (primary N) is 1. The molecule has 114 valence electrons. The molecule has 6 heteroatoms. The second-order valence-corrected chi connectivity index (χ2v) is 4.67. The fourth-order valence-electron chi connectivity index (χ4n) is 2.37. The molecule has 20 heavy (non-hydrogen) atoms. The number of para-hydroxylation sites is 2. The number of anilines is 2. The van der Waals surface area contributed by atoms with Crippen LogP contribution in [0.1, 0.15) is 25.7 Å². The first-order valence-corrected chi connectivity index (χ1v) is 6.65. The molecule has 1 aliphatic rings.